The van der Waals surface area contributed by atoms with Crippen molar-refractivity contribution >= 4 is 49.5 Å². The first-order valence-electron chi connectivity index (χ1n) is 10.9. The molecule has 1 heterocycles. The van der Waals surface area contributed by atoms with Crippen LogP contribution in [-0.2, 0) is 11.4 Å². The van der Waals surface area contributed by atoms with Crippen LogP contribution in [0, 0.1) is 11.3 Å². The number of nitrogens with zero attached hydrogens (tertiary/aromatic N) is 3. The largest absolute Gasteiger partial charge is 0.488 e. The van der Waals surface area contributed by atoms with E-state index in [0.29, 0.717) is 31.0 Å². The Morgan fingerprint density at radius 2 is 1.62 bits per heavy atom. The first-order valence-corrected chi connectivity index (χ1v) is 12.5. The highest BCUT2D eigenvalue weighted by Crippen LogP contribution is 2.27. The van der Waals surface area contributed by atoms with Gasteiger partial charge in [0.15, 0.2) is 0 Å². The van der Waals surface area contributed by atoms with E-state index in [4.69, 9.17) is 4.74 Å². The number of para-hydroxylation sites is 1. The Morgan fingerprint density at radius 3 is 2.29 bits per heavy atom. The molecular formula is C27H23Br2N3O2. The fourth-order valence-corrected chi connectivity index (χ4v) is 4.42. The van der Waals surface area contributed by atoms with Gasteiger partial charge in [0.25, 0.3) is 5.91 Å². The molecule has 0 spiro atoms. The van der Waals surface area contributed by atoms with Gasteiger partial charge in [-0.15, -0.1) is 0 Å². The summed E-state index contributed by atoms with van der Waals surface area (Å²) in [7, 11) is 0. The summed E-state index contributed by atoms with van der Waals surface area (Å²) in [5, 5.41) is 9.78. The van der Waals surface area contributed by atoms with Crippen molar-refractivity contribution in [3.05, 3.63) is 98.4 Å². The molecule has 0 unspecified atom stereocenters. The molecule has 172 valence electrons. The number of carbonyl (C=O) groups is 1. The van der Waals surface area contributed by atoms with E-state index in [1.54, 1.807) is 11.0 Å². The van der Waals surface area contributed by atoms with E-state index in [9.17, 15) is 10.1 Å². The average Bonchev–Trinajstić information content (AvgIpc) is 2.88. The molecule has 1 aliphatic heterocycles. The smallest absolute Gasteiger partial charge is 0.264 e. The van der Waals surface area contributed by atoms with Crippen LogP contribution in [0.2, 0.25) is 0 Å². The summed E-state index contributed by atoms with van der Waals surface area (Å²) in [5.41, 5.74) is 2.94. The van der Waals surface area contributed by atoms with Crippen LogP contribution in [0.25, 0.3) is 6.08 Å². The molecule has 0 atom stereocenters. The SMILES string of the molecule is N#C/C(=C/c1cc(Br)ccc1OCc1ccc(Br)cc1)C(=O)N1CCN(c2ccccc2)CC1. The van der Waals surface area contributed by atoms with E-state index in [1.807, 2.05) is 60.7 Å². The zero-order chi connectivity index (χ0) is 23.9. The van der Waals surface area contributed by atoms with E-state index in [2.05, 4.69) is 55.0 Å². The lowest BCUT2D eigenvalue weighted by atomic mass is 10.1. The summed E-state index contributed by atoms with van der Waals surface area (Å²) >= 11 is 6.92. The van der Waals surface area contributed by atoms with Crippen molar-refractivity contribution in [1.82, 2.24) is 4.90 Å². The standard InChI is InChI=1S/C27H23Br2N3O2/c28-23-8-6-20(7-9-23)19-34-26-11-10-24(29)17-21(26)16-22(18-30)27(33)32-14-12-31(13-15-32)25-4-2-1-3-5-25/h1-11,16-17H,12-15,19H2/b22-16-. The molecule has 7 heteroatoms. The van der Waals surface area contributed by atoms with Gasteiger partial charge >= 0.3 is 0 Å². The fraction of sp³-hybridized carbons (Fsp3) is 0.185. The predicted octanol–water partition coefficient (Wildman–Crippen LogP) is 6.05. The second-order valence-electron chi connectivity index (χ2n) is 7.88. The molecule has 0 aliphatic carbocycles. The second-order valence-corrected chi connectivity index (χ2v) is 9.71. The molecule has 1 amide bonds. The Kier molecular flexibility index (Phi) is 8.04. The molecular weight excluding hydrogens is 558 g/mol. The number of rotatable bonds is 6. The lowest BCUT2D eigenvalue weighted by molar-refractivity contribution is -0.126. The number of amides is 1. The summed E-state index contributed by atoms with van der Waals surface area (Å²) < 4.78 is 7.88. The number of benzene rings is 3. The van der Waals surface area contributed by atoms with Crippen LogP contribution in [0.4, 0.5) is 5.69 Å². The van der Waals surface area contributed by atoms with Crippen LogP contribution in [0.15, 0.2) is 87.3 Å². The van der Waals surface area contributed by atoms with Crippen LogP contribution in [0.1, 0.15) is 11.1 Å². The molecule has 0 radical (unpaired) electrons. The third-order valence-electron chi connectivity index (χ3n) is 5.62. The summed E-state index contributed by atoms with van der Waals surface area (Å²) in [6, 6.07) is 25.7. The molecule has 34 heavy (non-hydrogen) atoms. The second kappa shape index (κ2) is 11.4. The monoisotopic (exact) mass is 579 g/mol. The summed E-state index contributed by atoms with van der Waals surface area (Å²) in [4.78, 5) is 17.1. The van der Waals surface area contributed by atoms with Crippen molar-refractivity contribution in [2.24, 2.45) is 0 Å². The van der Waals surface area contributed by atoms with Crippen LogP contribution < -0.4 is 9.64 Å². The highest BCUT2D eigenvalue weighted by Gasteiger charge is 2.24. The van der Waals surface area contributed by atoms with Gasteiger partial charge in [0, 0.05) is 46.4 Å². The maximum atomic E-state index is 13.1. The van der Waals surface area contributed by atoms with Gasteiger partial charge in [-0.1, -0.05) is 62.2 Å². The molecule has 4 rings (SSSR count). The van der Waals surface area contributed by atoms with Crippen molar-refractivity contribution in [1.29, 1.82) is 5.26 Å². The Hall–Kier alpha value is -3.08. The van der Waals surface area contributed by atoms with Crippen LogP contribution in [0.5, 0.6) is 5.75 Å². The number of ether oxygens (including phenoxy) is 1. The van der Waals surface area contributed by atoms with Gasteiger partial charge in [0.1, 0.15) is 24.0 Å². The number of hydrogen-bond donors (Lipinski definition) is 0. The van der Waals surface area contributed by atoms with Gasteiger partial charge in [-0.05, 0) is 54.1 Å². The van der Waals surface area contributed by atoms with E-state index in [-0.39, 0.29) is 11.5 Å². The maximum absolute atomic E-state index is 13.1. The number of halogens is 2. The summed E-state index contributed by atoms with van der Waals surface area (Å²) in [5.74, 6) is 0.356. The van der Waals surface area contributed by atoms with Gasteiger partial charge in [-0.2, -0.15) is 5.26 Å². The number of carbonyl (C=O) groups excluding carboxylic acids is 1. The molecule has 0 saturated carbocycles. The van der Waals surface area contributed by atoms with Gasteiger partial charge in [0.2, 0.25) is 0 Å². The minimum Gasteiger partial charge on any atom is -0.488 e. The first kappa shape index (κ1) is 24.1. The molecule has 0 aromatic heterocycles. The summed E-state index contributed by atoms with van der Waals surface area (Å²) in [6.45, 7) is 2.98. The Morgan fingerprint density at radius 1 is 0.941 bits per heavy atom. The first-order chi connectivity index (χ1) is 16.5. The van der Waals surface area contributed by atoms with Crippen molar-refractivity contribution in [2.75, 3.05) is 31.1 Å². The molecule has 3 aromatic carbocycles. The highest BCUT2D eigenvalue weighted by atomic mass is 79.9. The lowest BCUT2D eigenvalue weighted by Gasteiger charge is -2.36. The minimum atomic E-state index is -0.256. The Bertz CT molecular complexity index is 1210. The van der Waals surface area contributed by atoms with Crippen molar-refractivity contribution in [3.63, 3.8) is 0 Å². The quantitative estimate of drug-likeness (QED) is 0.263. The Balaban J connectivity index is 1.47. The third kappa shape index (κ3) is 6.07. The predicted molar refractivity (Wildman–Crippen MR) is 141 cm³/mol. The zero-order valence-corrected chi connectivity index (χ0v) is 21.6. The topological polar surface area (TPSA) is 56.6 Å². The van der Waals surface area contributed by atoms with Crippen molar-refractivity contribution in [2.45, 2.75) is 6.61 Å². The van der Waals surface area contributed by atoms with Crippen LogP contribution in [-0.4, -0.2) is 37.0 Å². The van der Waals surface area contributed by atoms with Crippen molar-refractivity contribution < 1.29 is 9.53 Å². The normalized spacial score (nSPS) is 14.0. The van der Waals surface area contributed by atoms with Gasteiger partial charge in [-0.3, -0.25) is 4.79 Å². The van der Waals surface area contributed by atoms with Crippen LogP contribution in [0.3, 0.4) is 0 Å². The average molecular weight is 581 g/mol. The molecule has 1 aliphatic rings. The van der Waals surface area contributed by atoms with E-state index in [1.165, 1.54) is 0 Å². The van der Waals surface area contributed by atoms with Crippen molar-refractivity contribution in [3.8, 4) is 11.8 Å². The highest BCUT2D eigenvalue weighted by molar-refractivity contribution is 9.10. The number of nitriles is 1. The Labute approximate surface area is 216 Å². The number of anilines is 1. The molecule has 0 N–H and O–H groups in total. The number of hydrogen-bond acceptors (Lipinski definition) is 4. The molecule has 0 bridgehead atoms. The summed E-state index contributed by atoms with van der Waals surface area (Å²) in [6.07, 6.45) is 1.62. The number of piperazine rings is 1. The third-order valence-corrected chi connectivity index (χ3v) is 6.64. The van der Waals surface area contributed by atoms with Gasteiger partial charge in [-0.25, -0.2) is 0 Å². The minimum absolute atomic E-state index is 0.0970. The molecule has 3 aromatic rings. The van der Waals surface area contributed by atoms with Gasteiger partial charge in [0.05, 0.1) is 0 Å². The van der Waals surface area contributed by atoms with E-state index >= 15 is 0 Å². The lowest BCUT2D eigenvalue weighted by Crippen LogP contribution is -2.49. The van der Waals surface area contributed by atoms with E-state index < -0.39 is 0 Å². The van der Waals surface area contributed by atoms with Gasteiger partial charge < -0.3 is 14.5 Å². The zero-order valence-electron chi connectivity index (χ0n) is 18.5. The molecule has 1 saturated heterocycles. The molecule has 5 nitrogen and oxygen atoms in total. The van der Waals surface area contributed by atoms with Crippen LogP contribution >= 0.6 is 31.9 Å². The maximum Gasteiger partial charge on any atom is 0.264 e. The van der Waals surface area contributed by atoms with E-state index in [0.717, 1.165) is 33.3 Å². The fourth-order valence-electron chi connectivity index (χ4n) is 3.78. The molecule has 1 fully saturated rings.